The molecule has 2 atom stereocenters. The molecule has 0 aliphatic rings. The van der Waals surface area contributed by atoms with Crippen molar-refractivity contribution in [3.8, 4) is 0 Å². The molecule has 0 saturated heterocycles. The first kappa shape index (κ1) is 12.9. The van der Waals surface area contributed by atoms with Gasteiger partial charge in [0.15, 0.2) is 5.60 Å². The van der Waals surface area contributed by atoms with Gasteiger partial charge in [-0.2, -0.15) is 0 Å². The highest BCUT2D eigenvalue weighted by molar-refractivity contribution is 5.85. The van der Waals surface area contributed by atoms with Crippen LogP contribution in [0.5, 0.6) is 0 Å². The van der Waals surface area contributed by atoms with Crippen molar-refractivity contribution >= 4 is 11.9 Å². The molecule has 0 amide bonds. The summed E-state index contributed by atoms with van der Waals surface area (Å²) >= 11 is 0. The van der Waals surface area contributed by atoms with Crippen LogP contribution in [0.2, 0.25) is 0 Å². The van der Waals surface area contributed by atoms with Crippen LogP contribution in [0.1, 0.15) is 27.2 Å². The van der Waals surface area contributed by atoms with Crippen molar-refractivity contribution in [3.05, 3.63) is 0 Å². The van der Waals surface area contributed by atoms with Crippen LogP contribution in [-0.2, 0) is 9.59 Å². The lowest BCUT2D eigenvalue weighted by molar-refractivity contribution is -0.175. The number of rotatable bonds is 5. The Hall–Kier alpha value is -1.10. The van der Waals surface area contributed by atoms with Crippen molar-refractivity contribution < 1.29 is 24.9 Å². The SMILES string of the molecule is CC(C)C[C@](O)(C(=O)O)[C@H](C)C(=O)O. The van der Waals surface area contributed by atoms with E-state index in [4.69, 9.17) is 10.2 Å². The van der Waals surface area contributed by atoms with Crippen molar-refractivity contribution in [1.29, 1.82) is 0 Å². The Labute approximate surface area is 82.4 Å². The van der Waals surface area contributed by atoms with Crippen molar-refractivity contribution in [1.82, 2.24) is 0 Å². The molecular formula is C9H16O5. The lowest BCUT2D eigenvalue weighted by Crippen LogP contribution is -2.48. The largest absolute Gasteiger partial charge is 0.481 e. The molecule has 5 heteroatoms. The number of carboxylic acids is 2. The van der Waals surface area contributed by atoms with Crippen LogP contribution < -0.4 is 0 Å². The summed E-state index contributed by atoms with van der Waals surface area (Å²) in [6.07, 6.45) is -0.0736. The van der Waals surface area contributed by atoms with E-state index in [9.17, 15) is 14.7 Å². The molecule has 3 N–H and O–H groups in total. The van der Waals surface area contributed by atoms with Crippen molar-refractivity contribution in [2.24, 2.45) is 11.8 Å². The molecule has 5 nitrogen and oxygen atoms in total. The fraction of sp³-hybridized carbons (Fsp3) is 0.778. The zero-order valence-corrected chi connectivity index (χ0v) is 8.52. The molecule has 0 spiro atoms. The first-order chi connectivity index (χ1) is 6.21. The summed E-state index contributed by atoms with van der Waals surface area (Å²) in [5.74, 6) is -4.20. The molecule has 0 radical (unpaired) electrons. The summed E-state index contributed by atoms with van der Waals surface area (Å²) in [4.78, 5) is 21.4. The number of aliphatic carboxylic acids is 2. The van der Waals surface area contributed by atoms with E-state index in [-0.39, 0.29) is 12.3 Å². The van der Waals surface area contributed by atoms with Crippen LogP contribution in [-0.4, -0.2) is 32.9 Å². The Bertz CT molecular complexity index is 235. The number of carboxylic acid groups (broad SMARTS) is 2. The van der Waals surface area contributed by atoms with Gasteiger partial charge in [-0.1, -0.05) is 13.8 Å². The molecule has 0 aromatic rings. The highest BCUT2D eigenvalue weighted by Gasteiger charge is 2.45. The van der Waals surface area contributed by atoms with Crippen LogP contribution in [0.4, 0.5) is 0 Å². The number of hydrogen-bond donors (Lipinski definition) is 3. The van der Waals surface area contributed by atoms with Gasteiger partial charge in [0, 0.05) is 0 Å². The molecule has 0 aliphatic carbocycles. The van der Waals surface area contributed by atoms with Gasteiger partial charge in [-0.25, -0.2) is 4.79 Å². The second-order valence-electron chi connectivity index (χ2n) is 3.89. The van der Waals surface area contributed by atoms with Crippen LogP contribution in [0.15, 0.2) is 0 Å². The monoisotopic (exact) mass is 204 g/mol. The van der Waals surface area contributed by atoms with Gasteiger partial charge < -0.3 is 15.3 Å². The molecule has 0 unspecified atom stereocenters. The third-order valence-corrected chi connectivity index (χ3v) is 2.18. The molecule has 82 valence electrons. The minimum absolute atomic E-state index is 0.0736. The van der Waals surface area contributed by atoms with Gasteiger partial charge in [-0.3, -0.25) is 4.79 Å². The van der Waals surface area contributed by atoms with Crippen LogP contribution in [0.3, 0.4) is 0 Å². The molecule has 0 fully saturated rings. The topological polar surface area (TPSA) is 94.8 Å². The normalized spacial score (nSPS) is 17.5. The Morgan fingerprint density at radius 3 is 1.86 bits per heavy atom. The van der Waals surface area contributed by atoms with Gasteiger partial charge in [-0.05, 0) is 19.3 Å². The van der Waals surface area contributed by atoms with Crippen molar-refractivity contribution in [2.45, 2.75) is 32.8 Å². The smallest absolute Gasteiger partial charge is 0.336 e. The zero-order valence-electron chi connectivity index (χ0n) is 8.52. The second-order valence-corrected chi connectivity index (χ2v) is 3.89. The van der Waals surface area contributed by atoms with Gasteiger partial charge in [0.2, 0.25) is 0 Å². The molecule has 0 heterocycles. The van der Waals surface area contributed by atoms with Gasteiger partial charge in [-0.15, -0.1) is 0 Å². The van der Waals surface area contributed by atoms with E-state index in [1.165, 1.54) is 6.92 Å². The third-order valence-electron chi connectivity index (χ3n) is 2.18. The molecule has 0 saturated carbocycles. The lowest BCUT2D eigenvalue weighted by Gasteiger charge is -2.28. The summed E-state index contributed by atoms with van der Waals surface area (Å²) < 4.78 is 0. The minimum Gasteiger partial charge on any atom is -0.481 e. The average molecular weight is 204 g/mol. The summed E-state index contributed by atoms with van der Waals surface area (Å²) in [5, 5.41) is 27.2. The molecule has 0 aromatic heterocycles. The van der Waals surface area contributed by atoms with Crippen LogP contribution in [0.25, 0.3) is 0 Å². The molecule has 0 aromatic carbocycles. The molecular weight excluding hydrogens is 188 g/mol. The fourth-order valence-corrected chi connectivity index (χ4v) is 1.28. The van der Waals surface area contributed by atoms with E-state index in [2.05, 4.69) is 0 Å². The number of carbonyl (C=O) groups is 2. The Balaban J connectivity index is 4.89. The fourth-order valence-electron chi connectivity index (χ4n) is 1.28. The third kappa shape index (κ3) is 2.70. The summed E-state index contributed by atoms with van der Waals surface area (Å²) in [6, 6.07) is 0. The Morgan fingerprint density at radius 2 is 1.64 bits per heavy atom. The molecule has 14 heavy (non-hydrogen) atoms. The molecule has 0 aliphatic heterocycles. The van der Waals surface area contributed by atoms with Gasteiger partial charge in [0.05, 0.1) is 5.92 Å². The zero-order chi connectivity index (χ0) is 11.5. The average Bonchev–Trinajstić information content (AvgIpc) is 2.00. The predicted molar refractivity (Wildman–Crippen MR) is 48.8 cm³/mol. The lowest BCUT2D eigenvalue weighted by atomic mass is 9.82. The maximum atomic E-state index is 10.8. The quantitative estimate of drug-likeness (QED) is 0.608. The van der Waals surface area contributed by atoms with Gasteiger partial charge in [0.1, 0.15) is 0 Å². The van der Waals surface area contributed by atoms with E-state index in [0.717, 1.165) is 0 Å². The second kappa shape index (κ2) is 4.41. The summed E-state index contributed by atoms with van der Waals surface area (Å²) in [6.45, 7) is 4.64. The highest BCUT2D eigenvalue weighted by atomic mass is 16.4. The molecule has 0 rings (SSSR count). The van der Waals surface area contributed by atoms with Gasteiger partial charge >= 0.3 is 11.9 Å². The molecule has 0 bridgehead atoms. The van der Waals surface area contributed by atoms with E-state index in [1.807, 2.05) is 0 Å². The first-order valence-corrected chi connectivity index (χ1v) is 4.40. The standard InChI is InChI=1S/C9H16O5/c1-5(2)4-9(14,8(12)13)6(3)7(10)11/h5-6,14H,4H2,1-3H3,(H,10,11)(H,12,13)/t6-,9-/m1/s1. The maximum absolute atomic E-state index is 10.8. The van der Waals surface area contributed by atoms with E-state index < -0.39 is 23.5 Å². The van der Waals surface area contributed by atoms with Crippen LogP contribution >= 0.6 is 0 Å². The summed E-state index contributed by atoms with van der Waals surface area (Å²) in [5.41, 5.74) is -2.18. The number of aliphatic hydroxyl groups is 1. The van der Waals surface area contributed by atoms with Gasteiger partial charge in [0.25, 0.3) is 0 Å². The van der Waals surface area contributed by atoms with Crippen molar-refractivity contribution in [3.63, 3.8) is 0 Å². The minimum atomic E-state index is -2.18. The van der Waals surface area contributed by atoms with Crippen LogP contribution in [0, 0.1) is 11.8 Å². The Morgan fingerprint density at radius 1 is 1.21 bits per heavy atom. The van der Waals surface area contributed by atoms with Crippen molar-refractivity contribution in [2.75, 3.05) is 0 Å². The Kier molecular flexibility index (Phi) is 4.07. The first-order valence-electron chi connectivity index (χ1n) is 4.40. The maximum Gasteiger partial charge on any atom is 0.336 e. The highest BCUT2D eigenvalue weighted by Crippen LogP contribution is 2.26. The van der Waals surface area contributed by atoms with E-state index in [1.54, 1.807) is 13.8 Å². The van der Waals surface area contributed by atoms with E-state index >= 15 is 0 Å². The number of hydrogen-bond acceptors (Lipinski definition) is 3. The van der Waals surface area contributed by atoms with E-state index in [0.29, 0.717) is 0 Å². The summed E-state index contributed by atoms with van der Waals surface area (Å²) in [7, 11) is 0. The predicted octanol–water partition coefficient (Wildman–Crippen LogP) is 0.569.